The molecule has 0 aliphatic heterocycles. The number of aryl methyl sites for hydroxylation is 2. The van der Waals surface area contributed by atoms with Crippen molar-refractivity contribution in [2.24, 2.45) is 7.05 Å². The van der Waals surface area contributed by atoms with Gasteiger partial charge >= 0.3 is 11.8 Å². The van der Waals surface area contributed by atoms with Gasteiger partial charge in [-0.1, -0.05) is 23.7 Å². The van der Waals surface area contributed by atoms with Crippen LogP contribution in [0.25, 0.3) is 0 Å². The molecule has 0 aliphatic carbocycles. The molecule has 2 rings (SSSR count). The minimum absolute atomic E-state index is 0.234. The maximum absolute atomic E-state index is 11.9. The molecule has 2 amide bonds. The monoisotopic (exact) mass is 320 g/mol. The van der Waals surface area contributed by atoms with Crippen molar-refractivity contribution in [1.29, 1.82) is 0 Å². The van der Waals surface area contributed by atoms with Crippen molar-refractivity contribution in [3.05, 3.63) is 46.2 Å². The maximum atomic E-state index is 11.9. The molecule has 7 heteroatoms. The van der Waals surface area contributed by atoms with Gasteiger partial charge in [-0.15, -0.1) is 0 Å². The number of hydrogen-bond donors (Lipinski definition) is 2. The van der Waals surface area contributed by atoms with Crippen LogP contribution in [0.5, 0.6) is 0 Å². The zero-order chi connectivity index (χ0) is 16.3. The van der Waals surface area contributed by atoms with Crippen molar-refractivity contribution < 1.29 is 9.59 Å². The molecule has 2 N–H and O–H groups in total. The molecule has 0 saturated heterocycles. The standard InChI is InChI=1S/C15H17ClN4O2/c1-9-13(10(2)20(3)19-9)18-15(22)14(21)17-8-11-5-4-6-12(16)7-11/h4-7H,8H2,1-3H3,(H,17,21)(H,18,22). The average molecular weight is 321 g/mol. The zero-order valence-electron chi connectivity index (χ0n) is 12.6. The Hall–Kier alpha value is -2.34. The van der Waals surface area contributed by atoms with Crippen LogP contribution in [0.15, 0.2) is 24.3 Å². The molecular weight excluding hydrogens is 304 g/mol. The first-order valence-corrected chi connectivity index (χ1v) is 7.10. The third-order valence-corrected chi connectivity index (χ3v) is 3.53. The van der Waals surface area contributed by atoms with E-state index in [-0.39, 0.29) is 6.54 Å². The van der Waals surface area contributed by atoms with Gasteiger partial charge in [-0.25, -0.2) is 0 Å². The fourth-order valence-electron chi connectivity index (χ4n) is 2.03. The van der Waals surface area contributed by atoms with Crippen LogP contribution in [0.2, 0.25) is 5.02 Å². The van der Waals surface area contributed by atoms with Crippen LogP contribution in [-0.4, -0.2) is 21.6 Å². The third kappa shape index (κ3) is 3.65. The molecule has 0 aliphatic rings. The lowest BCUT2D eigenvalue weighted by atomic mass is 10.2. The number of hydrogen-bond acceptors (Lipinski definition) is 3. The maximum Gasteiger partial charge on any atom is 0.313 e. The number of carbonyl (C=O) groups is 2. The van der Waals surface area contributed by atoms with E-state index in [1.54, 1.807) is 36.9 Å². The summed E-state index contributed by atoms with van der Waals surface area (Å²) >= 11 is 5.87. The molecule has 1 heterocycles. The summed E-state index contributed by atoms with van der Waals surface area (Å²) in [5.74, 6) is -1.43. The predicted octanol–water partition coefficient (Wildman–Crippen LogP) is 1.95. The van der Waals surface area contributed by atoms with Crippen LogP contribution in [0, 0.1) is 13.8 Å². The molecule has 0 unspecified atom stereocenters. The number of rotatable bonds is 3. The number of nitrogens with zero attached hydrogens (tertiary/aromatic N) is 2. The van der Waals surface area contributed by atoms with Crippen LogP contribution >= 0.6 is 11.6 Å². The Labute approximate surface area is 133 Å². The third-order valence-electron chi connectivity index (χ3n) is 3.30. The van der Waals surface area contributed by atoms with Crippen LogP contribution in [0.1, 0.15) is 17.0 Å². The summed E-state index contributed by atoms with van der Waals surface area (Å²) in [5, 5.41) is 9.90. The Kier molecular flexibility index (Phi) is 4.82. The highest BCUT2D eigenvalue weighted by Crippen LogP contribution is 2.18. The molecule has 0 bridgehead atoms. The van der Waals surface area contributed by atoms with E-state index in [1.165, 1.54) is 0 Å². The van der Waals surface area contributed by atoms with E-state index in [0.717, 1.165) is 11.3 Å². The first-order chi connectivity index (χ1) is 10.4. The van der Waals surface area contributed by atoms with Crippen molar-refractivity contribution in [3.63, 3.8) is 0 Å². The van der Waals surface area contributed by atoms with E-state index >= 15 is 0 Å². The normalized spacial score (nSPS) is 10.4. The first-order valence-electron chi connectivity index (χ1n) is 6.72. The molecule has 22 heavy (non-hydrogen) atoms. The molecule has 0 radical (unpaired) electrons. The number of halogens is 1. The molecule has 1 aromatic heterocycles. The van der Waals surface area contributed by atoms with Gasteiger partial charge in [0.2, 0.25) is 0 Å². The van der Waals surface area contributed by atoms with Crippen molar-refractivity contribution in [3.8, 4) is 0 Å². The molecule has 0 atom stereocenters. The van der Waals surface area contributed by atoms with Crippen LogP contribution in [-0.2, 0) is 23.2 Å². The van der Waals surface area contributed by atoms with Crippen molar-refractivity contribution in [1.82, 2.24) is 15.1 Å². The second-order valence-corrected chi connectivity index (χ2v) is 5.37. The minimum atomic E-state index is -0.721. The van der Waals surface area contributed by atoms with E-state index in [2.05, 4.69) is 15.7 Å². The second-order valence-electron chi connectivity index (χ2n) is 4.94. The Morgan fingerprint density at radius 3 is 2.59 bits per heavy atom. The SMILES string of the molecule is Cc1nn(C)c(C)c1NC(=O)C(=O)NCc1cccc(Cl)c1. The van der Waals surface area contributed by atoms with Gasteiger partial charge in [-0.05, 0) is 31.5 Å². The summed E-state index contributed by atoms with van der Waals surface area (Å²) in [6.07, 6.45) is 0. The second kappa shape index (κ2) is 6.62. The van der Waals surface area contributed by atoms with Gasteiger partial charge in [-0.3, -0.25) is 14.3 Å². The number of benzene rings is 1. The van der Waals surface area contributed by atoms with Gasteiger partial charge in [0.1, 0.15) is 0 Å². The average Bonchev–Trinajstić information content (AvgIpc) is 2.71. The first kappa shape index (κ1) is 16.0. The Balaban J connectivity index is 1.96. The topological polar surface area (TPSA) is 76.0 Å². The summed E-state index contributed by atoms with van der Waals surface area (Å²) < 4.78 is 1.65. The number of aromatic nitrogens is 2. The molecule has 2 aromatic rings. The zero-order valence-corrected chi connectivity index (χ0v) is 13.4. The van der Waals surface area contributed by atoms with E-state index in [1.807, 2.05) is 13.0 Å². The Bertz CT molecular complexity index is 724. The highest BCUT2D eigenvalue weighted by atomic mass is 35.5. The lowest BCUT2D eigenvalue weighted by Gasteiger charge is -2.07. The summed E-state index contributed by atoms with van der Waals surface area (Å²) in [6, 6.07) is 7.08. The summed E-state index contributed by atoms with van der Waals surface area (Å²) in [7, 11) is 1.78. The summed E-state index contributed by atoms with van der Waals surface area (Å²) in [5.41, 5.74) is 2.83. The molecule has 0 spiro atoms. The van der Waals surface area contributed by atoms with Gasteiger partial charge in [0, 0.05) is 18.6 Å². The summed E-state index contributed by atoms with van der Waals surface area (Å²) in [6.45, 7) is 3.82. The van der Waals surface area contributed by atoms with E-state index < -0.39 is 11.8 Å². The fraction of sp³-hybridized carbons (Fsp3) is 0.267. The number of nitrogens with one attached hydrogen (secondary N) is 2. The van der Waals surface area contributed by atoms with Gasteiger partial charge in [0.25, 0.3) is 0 Å². The molecule has 0 fully saturated rings. The van der Waals surface area contributed by atoms with E-state index in [9.17, 15) is 9.59 Å². The fourth-order valence-corrected chi connectivity index (χ4v) is 2.25. The Morgan fingerprint density at radius 1 is 1.27 bits per heavy atom. The van der Waals surface area contributed by atoms with Gasteiger partial charge in [0.15, 0.2) is 0 Å². The largest absolute Gasteiger partial charge is 0.344 e. The quantitative estimate of drug-likeness (QED) is 0.849. The Morgan fingerprint density at radius 2 is 2.00 bits per heavy atom. The van der Waals surface area contributed by atoms with Gasteiger partial charge in [0.05, 0.1) is 17.1 Å². The van der Waals surface area contributed by atoms with Gasteiger partial charge < -0.3 is 10.6 Å². The van der Waals surface area contributed by atoms with Crippen LogP contribution in [0.3, 0.4) is 0 Å². The van der Waals surface area contributed by atoms with Crippen LogP contribution in [0.4, 0.5) is 5.69 Å². The molecular formula is C15H17ClN4O2. The molecule has 1 aromatic carbocycles. The van der Waals surface area contributed by atoms with Crippen LogP contribution < -0.4 is 10.6 Å². The predicted molar refractivity (Wildman–Crippen MR) is 84.6 cm³/mol. The number of anilines is 1. The minimum Gasteiger partial charge on any atom is -0.344 e. The van der Waals surface area contributed by atoms with Gasteiger partial charge in [-0.2, -0.15) is 5.10 Å². The number of carbonyl (C=O) groups excluding carboxylic acids is 2. The lowest BCUT2D eigenvalue weighted by molar-refractivity contribution is -0.136. The lowest BCUT2D eigenvalue weighted by Crippen LogP contribution is -2.35. The number of amides is 2. The smallest absolute Gasteiger partial charge is 0.313 e. The van der Waals surface area contributed by atoms with Crippen molar-refractivity contribution >= 4 is 29.1 Å². The van der Waals surface area contributed by atoms with Crippen molar-refractivity contribution in [2.45, 2.75) is 20.4 Å². The highest BCUT2D eigenvalue weighted by molar-refractivity contribution is 6.39. The van der Waals surface area contributed by atoms with E-state index in [4.69, 9.17) is 11.6 Å². The summed E-state index contributed by atoms with van der Waals surface area (Å²) in [4.78, 5) is 23.8. The molecule has 6 nitrogen and oxygen atoms in total. The molecule has 0 saturated carbocycles. The highest BCUT2D eigenvalue weighted by Gasteiger charge is 2.18. The molecule has 116 valence electrons. The van der Waals surface area contributed by atoms with E-state index in [0.29, 0.717) is 16.4 Å². The van der Waals surface area contributed by atoms with Crippen molar-refractivity contribution in [2.75, 3.05) is 5.32 Å².